The van der Waals surface area contributed by atoms with Crippen molar-refractivity contribution >= 4 is 11.3 Å². The third kappa shape index (κ3) is 2.07. The highest BCUT2D eigenvalue weighted by atomic mass is 32.1. The molecule has 0 aromatic carbocycles. The monoisotopic (exact) mass is 198 g/mol. The topological polar surface area (TPSA) is 34.1 Å². The maximum absolute atomic E-state index is 5.04. The zero-order chi connectivity index (χ0) is 9.10. The number of thiazole rings is 1. The van der Waals surface area contributed by atoms with Gasteiger partial charge < -0.3 is 10.1 Å². The molecule has 13 heavy (non-hydrogen) atoms. The van der Waals surface area contributed by atoms with Gasteiger partial charge in [-0.05, 0) is 13.0 Å². The maximum Gasteiger partial charge on any atom is 0.119 e. The van der Waals surface area contributed by atoms with E-state index in [1.54, 1.807) is 18.4 Å². The SMILES string of the molecule is COCc1nc(C2CCNC2)cs1. The van der Waals surface area contributed by atoms with E-state index in [9.17, 15) is 0 Å². The Balaban J connectivity index is 2.03. The van der Waals surface area contributed by atoms with Crippen molar-refractivity contribution in [3.05, 3.63) is 16.1 Å². The molecule has 0 spiro atoms. The fraction of sp³-hybridized carbons (Fsp3) is 0.667. The van der Waals surface area contributed by atoms with E-state index in [1.165, 1.54) is 12.1 Å². The van der Waals surface area contributed by atoms with Gasteiger partial charge in [-0.15, -0.1) is 11.3 Å². The largest absolute Gasteiger partial charge is 0.378 e. The lowest BCUT2D eigenvalue weighted by Gasteiger charge is -2.02. The third-order valence-electron chi connectivity index (χ3n) is 2.32. The van der Waals surface area contributed by atoms with Crippen molar-refractivity contribution in [3.8, 4) is 0 Å². The smallest absolute Gasteiger partial charge is 0.119 e. The number of ether oxygens (including phenoxy) is 1. The summed E-state index contributed by atoms with van der Waals surface area (Å²) < 4.78 is 5.04. The highest BCUT2D eigenvalue weighted by Gasteiger charge is 2.18. The highest BCUT2D eigenvalue weighted by Crippen LogP contribution is 2.23. The first-order valence-electron chi connectivity index (χ1n) is 4.54. The minimum atomic E-state index is 0.627. The summed E-state index contributed by atoms with van der Waals surface area (Å²) in [5.74, 6) is 0.627. The van der Waals surface area contributed by atoms with Gasteiger partial charge in [0.05, 0.1) is 12.3 Å². The van der Waals surface area contributed by atoms with E-state index in [-0.39, 0.29) is 0 Å². The molecule has 72 valence electrons. The van der Waals surface area contributed by atoms with E-state index >= 15 is 0 Å². The molecule has 0 saturated carbocycles. The molecule has 1 aliphatic rings. The van der Waals surface area contributed by atoms with Gasteiger partial charge in [0.2, 0.25) is 0 Å². The van der Waals surface area contributed by atoms with Crippen molar-refractivity contribution in [1.29, 1.82) is 0 Å². The van der Waals surface area contributed by atoms with Gasteiger partial charge in [-0.25, -0.2) is 4.98 Å². The molecule has 1 aromatic heterocycles. The average Bonchev–Trinajstić information content (AvgIpc) is 2.70. The van der Waals surface area contributed by atoms with Gasteiger partial charge in [0.15, 0.2) is 0 Å². The standard InChI is InChI=1S/C9H14N2OS/c1-12-5-9-11-8(6-13-9)7-2-3-10-4-7/h6-7,10H,2-5H2,1H3. The summed E-state index contributed by atoms with van der Waals surface area (Å²) in [6, 6.07) is 0. The number of aromatic nitrogens is 1. The van der Waals surface area contributed by atoms with Gasteiger partial charge in [-0.3, -0.25) is 0 Å². The van der Waals surface area contributed by atoms with Gasteiger partial charge in [0, 0.05) is 25.0 Å². The molecule has 1 atom stereocenters. The van der Waals surface area contributed by atoms with Crippen molar-refractivity contribution in [1.82, 2.24) is 10.3 Å². The molecule has 3 nitrogen and oxygen atoms in total. The van der Waals surface area contributed by atoms with E-state index < -0.39 is 0 Å². The van der Waals surface area contributed by atoms with Crippen LogP contribution in [0.1, 0.15) is 23.0 Å². The molecule has 0 amide bonds. The summed E-state index contributed by atoms with van der Waals surface area (Å²) >= 11 is 1.70. The van der Waals surface area contributed by atoms with Crippen LogP contribution in [-0.2, 0) is 11.3 Å². The van der Waals surface area contributed by atoms with Crippen molar-refractivity contribution in [2.24, 2.45) is 0 Å². The third-order valence-corrected chi connectivity index (χ3v) is 3.16. The van der Waals surface area contributed by atoms with Crippen LogP contribution in [0.2, 0.25) is 0 Å². The Morgan fingerprint density at radius 2 is 2.69 bits per heavy atom. The summed E-state index contributed by atoms with van der Waals surface area (Å²) in [6.45, 7) is 2.85. The maximum atomic E-state index is 5.04. The van der Waals surface area contributed by atoms with E-state index in [0.29, 0.717) is 12.5 Å². The fourth-order valence-corrected chi connectivity index (χ4v) is 2.46. The van der Waals surface area contributed by atoms with Crippen LogP contribution in [0.4, 0.5) is 0 Å². The molecule has 0 radical (unpaired) electrons. The van der Waals surface area contributed by atoms with Crippen molar-refractivity contribution in [3.63, 3.8) is 0 Å². The van der Waals surface area contributed by atoms with Crippen LogP contribution in [0.5, 0.6) is 0 Å². The average molecular weight is 198 g/mol. The number of hydrogen-bond donors (Lipinski definition) is 1. The van der Waals surface area contributed by atoms with Crippen LogP contribution in [0.15, 0.2) is 5.38 Å². The molecule has 4 heteroatoms. The fourth-order valence-electron chi connectivity index (χ4n) is 1.61. The Bertz CT molecular complexity index is 268. The Labute approximate surface area is 82.1 Å². The lowest BCUT2D eigenvalue weighted by atomic mass is 10.1. The van der Waals surface area contributed by atoms with Crippen molar-refractivity contribution < 1.29 is 4.74 Å². The molecule has 0 aliphatic carbocycles. The van der Waals surface area contributed by atoms with E-state index in [0.717, 1.165) is 18.1 Å². The first-order valence-corrected chi connectivity index (χ1v) is 5.42. The summed E-state index contributed by atoms with van der Waals surface area (Å²) in [5.41, 5.74) is 1.24. The molecular formula is C9H14N2OS. The molecule has 2 rings (SSSR count). The zero-order valence-corrected chi connectivity index (χ0v) is 8.56. The Kier molecular flexibility index (Phi) is 2.93. The first kappa shape index (κ1) is 9.12. The molecule has 0 bridgehead atoms. The minimum Gasteiger partial charge on any atom is -0.378 e. The first-order chi connectivity index (χ1) is 6.40. The lowest BCUT2D eigenvalue weighted by molar-refractivity contribution is 0.184. The summed E-state index contributed by atoms with van der Waals surface area (Å²) in [6.07, 6.45) is 1.22. The summed E-state index contributed by atoms with van der Waals surface area (Å²) in [5, 5.41) is 6.59. The number of hydrogen-bond acceptors (Lipinski definition) is 4. The number of methoxy groups -OCH3 is 1. The lowest BCUT2D eigenvalue weighted by Crippen LogP contribution is -2.08. The molecule has 1 saturated heterocycles. The second kappa shape index (κ2) is 4.17. The van der Waals surface area contributed by atoms with Gasteiger partial charge in [0.25, 0.3) is 0 Å². The van der Waals surface area contributed by atoms with Gasteiger partial charge in [0.1, 0.15) is 5.01 Å². The molecule has 2 heterocycles. The molecule has 1 N–H and O–H groups in total. The summed E-state index contributed by atoms with van der Waals surface area (Å²) in [7, 11) is 1.71. The van der Waals surface area contributed by atoms with Crippen LogP contribution in [0, 0.1) is 0 Å². The minimum absolute atomic E-state index is 0.627. The number of nitrogens with zero attached hydrogens (tertiary/aromatic N) is 1. The van der Waals surface area contributed by atoms with Gasteiger partial charge in [-0.2, -0.15) is 0 Å². The van der Waals surface area contributed by atoms with Crippen LogP contribution in [-0.4, -0.2) is 25.2 Å². The second-order valence-corrected chi connectivity index (χ2v) is 4.23. The van der Waals surface area contributed by atoms with E-state index in [4.69, 9.17) is 4.74 Å². The predicted octanol–water partition coefficient (Wildman–Crippen LogP) is 1.37. The van der Waals surface area contributed by atoms with Crippen LogP contribution >= 0.6 is 11.3 Å². The van der Waals surface area contributed by atoms with Crippen LogP contribution in [0.25, 0.3) is 0 Å². The normalized spacial score (nSPS) is 22.4. The quantitative estimate of drug-likeness (QED) is 0.796. The number of rotatable bonds is 3. The van der Waals surface area contributed by atoms with Crippen LogP contribution in [0.3, 0.4) is 0 Å². The van der Waals surface area contributed by atoms with Crippen molar-refractivity contribution in [2.75, 3.05) is 20.2 Å². The van der Waals surface area contributed by atoms with E-state index in [2.05, 4.69) is 15.7 Å². The molecule has 1 aromatic rings. The van der Waals surface area contributed by atoms with Gasteiger partial charge in [-0.1, -0.05) is 0 Å². The zero-order valence-electron chi connectivity index (χ0n) is 7.75. The molecule has 1 unspecified atom stereocenters. The van der Waals surface area contributed by atoms with Crippen LogP contribution < -0.4 is 5.32 Å². The molecular weight excluding hydrogens is 184 g/mol. The van der Waals surface area contributed by atoms with E-state index in [1.807, 2.05) is 0 Å². The second-order valence-electron chi connectivity index (χ2n) is 3.29. The van der Waals surface area contributed by atoms with Gasteiger partial charge >= 0.3 is 0 Å². The number of nitrogens with one attached hydrogen (secondary N) is 1. The Hall–Kier alpha value is -0.450. The Morgan fingerprint density at radius 1 is 1.77 bits per heavy atom. The van der Waals surface area contributed by atoms with Crippen molar-refractivity contribution in [2.45, 2.75) is 18.9 Å². The Morgan fingerprint density at radius 3 is 3.38 bits per heavy atom. The summed E-state index contributed by atoms with van der Waals surface area (Å²) in [4.78, 5) is 4.54. The molecule has 1 aliphatic heterocycles. The molecule has 1 fully saturated rings. The highest BCUT2D eigenvalue weighted by molar-refractivity contribution is 7.09. The predicted molar refractivity (Wildman–Crippen MR) is 53.1 cm³/mol.